The van der Waals surface area contributed by atoms with Crippen molar-refractivity contribution in [1.82, 2.24) is 19.9 Å². The van der Waals surface area contributed by atoms with Crippen molar-refractivity contribution in [2.45, 2.75) is 32.1 Å². The molecule has 3 heterocycles. The number of carboxylic acids is 1. The van der Waals surface area contributed by atoms with Crippen LogP contribution in [0.5, 0.6) is 11.5 Å². The number of nitrogens with one attached hydrogen (secondary N) is 1. The van der Waals surface area contributed by atoms with Crippen LogP contribution in [0.25, 0.3) is 11.0 Å². The Kier molecular flexibility index (Phi) is 7.02. The fourth-order valence-corrected chi connectivity index (χ4v) is 4.37. The molecule has 0 amide bonds. The molecule has 1 aliphatic rings. The van der Waals surface area contributed by atoms with E-state index in [9.17, 15) is 9.18 Å². The zero-order valence-corrected chi connectivity index (χ0v) is 20.0. The van der Waals surface area contributed by atoms with Crippen LogP contribution >= 0.6 is 11.6 Å². The minimum Gasteiger partial charge on any atom is -0.490 e. The van der Waals surface area contributed by atoms with E-state index in [4.69, 9.17) is 26.2 Å². The number of pyridine rings is 1. The number of rotatable bonds is 8. The van der Waals surface area contributed by atoms with Gasteiger partial charge in [-0.3, -0.25) is 9.88 Å². The van der Waals surface area contributed by atoms with Gasteiger partial charge in [-0.05, 0) is 55.3 Å². The summed E-state index contributed by atoms with van der Waals surface area (Å²) in [5, 5.41) is 9.48. The van der Waals surface area contributed by atoms with Gasteiger partial charge in [-0.1, -0.05) is 11.6 Å². The van der Waals surface area contributed by atoms with E-state index >= 15 is 0 Å². The van der Waals surface area contributed by atoms with E-state index in [-0.39, 0.29) is 24.0 Å². The molecule has 2 N–H and O–H groups in total. The summed E-state index contributed by atoms with van der Waals surface area (Å²) in [6, 6.07) is 12.8. The molecule has 0 bridgehead atoms. The highest BCUT2D eigenvalue weighted by Gasteiger charge is 2.22. The van der Waals surface area contributed by atoms with Crippen LogP contribution in [0, 0.1) is 5.82 Å². The highest BCUT2D eigenvalue weighted by atomic mass is 35.5. The molecular formula is C26H24ClFN4O4. The first-order valence-electron chi connectivity index (χ1n) is 11.6. The highest BCUT2D eigenvalue weighted by Crippen LogP contribution is 2.24. The Labute approximate surface area is 211 Å². The van der Waals surface area contributed by atoms with Crippen molar-refractivity contribution in [3.8, 4) is 11.5 Å². The predicted octanol–water partition coefficient (Wildman–Crippen LogP) is 5.07. The number of likely N-dealkylation sites (tertiary alicyclic amines) is 1. The molecule has 186 valence electrons. The number of piperidine rings is 1. The fourth-order valence-electron chi connectivity index (χ4n) is 4.21. The molecule has 0 saturated carbocycles. The van der Waals surface area contributed by atoms with Crippen LogP contribution < -0.4 is 9.47 Å². The van der Waals surface area contributed by atoms with Crippen molar-refractivity contribution in [2.75, 3.05) is 13.1 Å². The van der Waals surface area contributed by atoms with Gasteiger partial charge in [0.25, 0.3) is 0 Å². The fraction of sp³-hybridized carbons (Fsp3) is 0.269. The van der Waals surface area contributed by atoms with E-state index in [1.54, 1.807) is 42.6 Å². The van der Waals surface area contributed by atoms with Gasteiger partial charge in [0, 0.05) is 30.4 Å². The number of aromatic carboxylic acids is 1. The van der Waals surface area contributed by atoms with Crippen molar-refractivity contribution in [1.29, 1.82) is 0 Å². The first kappa shape index (κ1) is 24.0. The van der Waals surface area contributed by atoms with Crippen molar-refractivity contribution in [3.05, 3.63) is 82.6 Å². The van der Waals surface area contributed by atoms with Crippen LogP contribution in [0.3, 0.4) is 0 Å². The smallest absolute Gasteiger partial charge is 0.335 e. The third-order valence-corrected chi connectivity index (χ3v) is 6.28. The van der Waals surface area contributed by atoms with Gasteiger partial charge in [0.1, 0.15) is 24.3 Å². The number of hydrogen-bond acceptors (Lipinski definition) is 6. The van der Waals surface area contributed by atoms with Crippen molar-refractivity contribution in [2.24, 2.45) is 0 Å². The molecule has 8 nitrogen and oxygen atoms in total. The van der Waals surface area contributed by atoms with Crippen LogP contribution in [0.1, 0.15) is 34.7 Å². The summed E-state index contributed by atoms with van der Waals surface area (Å²) >= 11 is 5.78. The third-order valence-electron chi connectivity index (χ3n) is 6.05. The predicted molar refractivity (Wildman–Crippen MR) is 132 cm³/mol. The number of fused-ring (bicyclic) bond motifs is 1. The molecule has 0 atom stereocenters. The lowest BCUT2D eigenvalue weighted by Crippen LogP contribution is -2.38. The molecule has 1 fully saturated rings. The van der Waals surface area contributed by atoms with Crippen LogP contribution in [0.15, 0.2) is 54.7 Å². The Morgan fingerprint density at radius 3 is 2.78 bits per heavy atom. The second kappa shape index (κ2) is 10.5. The molecule has 0 spiro atoms. The monoisotopic (exact) mass is 510 g/mol. The SMILES string of the molecule is O=C(O)c1ccc2nc(CN3CCC(Oc4ccnc(COc5ccc(Cl)cc5F)c4)CC3)[nH]c2c1. The quantitative estimate of drug-likeness (QED) is 0.341. The normalized spacial score (nSPS) is 14.7. The zero-order chi connectivity index (χ0) is 25.1. The van der Waals surface area contributed by atoms with Gasteiger partial charge in [-0.2, -0.15) is 0 Å². The molecular weight excluding hydrogens is 487 g/mol. The van der Waals surface area contributed by atoms with Crippen molar-refractivity contribution < 1.29 is 23.8 Å². The van der Waals surface area contributed by atoms with E-state index in [1.807, 2.05) is 0 Å². The molecule has 0 radical (unpaired) electrons. The molecule has 1 saturated heterocycles. The molecule has 5 rings (SSSR count). The average molecular weight is 511 g/mol. The second-order valence-corrected chi connectivity index (χ2v) is 9.10. The largest absolute Gasteiger partial charge is 0.490 e. The number of carboxylic acid groups (broad SMARTS) is 1. The summed E-state index contributed by atoms with van der Waals surface area (Å²) in [6.45, 7) is 2.46. The lowest BCUT2D eigenvalue weighted by molar-refractivity contribution is 0.0697. The number of aromatic nitrogens is 3. The molecule has 0 aliphatic carbocycles. The van der Waals surface area contributed by atoms with E-state index in [0.29, 0.717) is 23.0 Å². The van der Waals surface area contributed by atoms with E-state index in [1.165, 1.54) is 12.1 Å². The Morgan fingerprint density at radius 2 is 2.00 bits per heavy atom. The van der Waals surface area contributed by atoms with Gasteiger partial charge in [0.05, 0.1) is 28.8 Å². The molecule has 36 heavy (non-hydrogen) atoms. The molecule has 2 aromatic heterocycles. The number of carbonyl (C=O) groups is 1. The number of nitrogens with zero attached hydrogens (tertiary/aromatic N) is 3. The summed E-state index contributed by atoms with van der Waals surface area (Å²) in [6.07, 6.45) is 3.43. The minimum atomic E-state index is -0.959. The Morgan fingerprint density at radius 1 is 1.17 bits per heavy atom. The van der Waals surface area contributed by atoms with Crippen LogP contribution in [-0.2, 0) is 13.2 Å². The van der Waals surface area contributed by atoms with E-state index < -0.39 is 11.8 Å². The molecule has 0 unspecified atom stereocenters. The van der Waals surface area contributed by atoms with Crippen LogP contribution in [-0.4, -0.2) is 50.1 Å². The second-order valence-electron chi connectivity index (χ2n) is 8.66. The molecule has 2 aromatic carbocycles. The van der Waals surface area contributed by atoms with Crippen molar-refractivity contribution in [3.63, 3.8) is 0 Å². The molecule has 1 aliphatic heterocycles. The van der Waals surface area contributed by atoms with Gasteiger partial charge in [0.15, 0.2) is 11.6 Å². The third kappa shape index (κ3) is 5.75. The van der Waals surface area contributed by atoms with Gasteiger partial charge in [-0.25, -0.2) is 14.2 Å². The summed E-state index contributed by atoms with van der Waals surface area (Å²) in [5.74, 6) is 0.147. The lowest BCUT2D eigenvalue weighted by Gasteiger charge is -2.31. The summed E-state index contributed by atoms with van der Waals surface area (Å²) in [5.41, 5.74) is 2.35. The first-order valence-corrected chi connectivity index (χ1v) is 11.9. The Bertz CT molecular complexity index is 1390. The maximum atomic E-state index is 13.9. The van der Waals surface area contributed by atoms with Gasteiger partial charge >= 0.3 is 5.97 Å². The van der Waals surface area contributed by atoms with Gasteiger partial charge < -0.3 is 19.6 Å². The summed E-state index contributed by atoms with van der Waals surface area (Å²) in [7, 11) is 0. The maximum absolute atomic E-state index is 13.9. The molecule has 10 heteroatoms. The Balaban J connectivity index is 1.12. The lowest BCUT2D eigenvalue weighted by atomic mass is 10.1. The summed E-state index contributed by atoms with van der Waals surface area (Å²) < 4.78 is 25.6. The number of H-pyrrole nitrogens is 1. The van der Waals surface area contributed by atoms with E-state index in [0.717, 1.165) is 42.8 Å². The van der Waals surface area contributed by atoms with Crippen molar-refractivity contribution >= 4 is 28.6 Å². The van der Waals surface area contributed by atoms with Crippen LogP contribution in [0.2, 0.25) is 5.02 Å². The van der Waals surface area contributed by atoms with Gasteiger partial charge in [-0.15, -0.1) is 0 Å². The Hall–Kier alpha value is -3.69. The maximum Gasteiger partial charge on any atom is 0.335 e. The van der Waals surface area contributed by atoms with Crippen LogP contribution in [0.4, 0.5) is 4.39 Å². The number of hydrogen-bond donors (Lipinski definition) is 2. The highest BCUT2D eigenvalue weighted by molar-refractivity contribution is 6.30. The number of aromatic amines is 1. The minimum absolute atomic E-state index is 0.0694. The topological polar surface area (TPSA) is 101 Å². The average Bonchev–Trinajstić information content (AvgIpc) is 3.26. The number of halogens is 2. The van der Waals surface area contributed by atoms with Gasteiger partial charge in [0.2, 0.25) is 0 Å². The van der Waals surface area contributed by atoms with E-state index in [2.05, 4.69) is 19.9 Å². The standard InChI is InChI=1S/C26H24ClFN4O4/c27-17-2-4-24(21(28)12-17)35-15-18-13-20(5-8-29-18)36-19-6-9-32(10-7-19)14-25-30-22-3-1-16(26(33)34)11-23(22)31-25/h1-5,8,11-13,19H,6-7,9-10,14-15H2,(H,30,31)(H,33,34). The molecule has 4 aromatic rings. The number of imidazole rings is 1. The number of benzene rings is 2. The summed E-state index contributed by atoms with van der Waals surface area (Å²) in [4.78, 5) is 25.6. The first-order chi connectivity index (χ1) is 17.4. The zero-order valence-electron chi connectivity index (χ0n) is 19.3. The number of ether oxygens (including phenoxy) is 2.